The molecule has 1 amide bonds. The molecule has 0 saturated carbocycles. The van der Waals surface area contributed by atoms with Crippen molar-refractivity contribution in [3.05, 3.63) is 35.8 Å². The summed E-state index contributed by atoms with van der Waals surface area (Å²) < 4.78 is 0. The monoisotopic (exact) mass is 233 g/mol. The van der Waals surface area contributed by atoms with E-state index in [2.05, 4.69) is 10.3 Å². The molecule has 1 aromatic rings. The largest absolute Gasteiger partial charge is 0.328 e. The van der Waals surface area contributed by atoms with Gasteiger partial charge in [-0.25, -0.2) is 0 Å². The third kappa shape index (κ3) is 1.94. The van der Waals surface area contributed by atoms with Crippen molar-refractivity contribution in [2.75, 3.05) is 6.54 Å². The lowest BCUT2D eigenvalue weighted by Gasteiger charge is -2.08. The molecule has 0 unspecified atom stereocenters. The second-order valence-electron chi connectivity index (χ2n) is 3.29. The van der Waals surface area contributed by atoms with Crippen LogP contribution in [0.4, 0.5) is 0 Å². The molecule has 1 N–H and O–H groups in total. The van der Waals surface area contributed by atoms with Gasteiger partial charge in [0.15, 0.2) is 5.11 Å². The van der Waals surface area contributed by atoms with Gasteiger partial charge in [0.25, 0.3) is 5.91 Å². The van der Waals surface area contributed by atoms with Crippen LogP contribution >= 0.6 is 12.2 Å². The fraction of sp³-hybridized carbons (Fsp3) is 0.182. The van der Waals surface area contributed by atoms with Gasteiger partial charge >= 0.3 is 0 Å². The maximum atomic E-state index is 11.8. The van der Waals surface area contributed by atoms with Crippen molar-refractivity contribution in [1.29, 1.82) is 0 Å². The first-order chi connectivity index (χ1) is 7.72. The molecule has 0 radical (unpaired) electrons. The average Bonchev–Trinajstić information content (AvgIpc) is 2.55. The minimum Gasteiger partial charge on any atom is -0.328 e. The van der Waals surface area contributed by atoms with Crippen molar-refractivity contribution in [2.24, 2.45) is 0 Å². The minimum atomic E-state index is -0.0989. The number of likely N-dealkylation sites (N-methyl/N-ethyl adjacent to an activating group) is 1. The quantitative estimate of drug-likeness (QED) is 0.615. The SMILES string of the molecule is CCN1C(=O)/C(=C\c2ccccn2)NC1=S. The summed E-state index contributed by atoms with van der Waals surface area (Å²) in [6.45, 7) is 2.46. The second kappa shape index (κ2) is 4.40. The first-order valence-electron chi connectivity index (χ1n) is 4.98. The van der Waals surface area contributed by atoms with Crippen molar-refractivity contribution in [1.82, 2.24) is 15.2 Å². The highest BCUT2D eigenvalue weighted by Gasteiger charge is 2.28. The number of thiocarbonyl (C=S) groups is 1. The van der Waals surface area contributed by atoms with E-state index in [-0.39, 0.29) is 5.91 Å². The summed E-state index contributed by atoms with van der Waals surface area (Å²) in [5.41, 5.74) is 1.21. The van der Waals surface area contributed by atoms with Crippen LogP contribution in [0.25, 0.3) is 6.08 Å². The van der Waals surface area contributed by atoms with Crippen LogP contribution in [0.2, 0.25) is 0 Å². The number of carbonyl (C=O) groups is 1. The van der Waals surface area contributed by atoms with Gasteiger partial charge in [-0.15, -0.1) is 0 Å². The Bertz CT molecular complexity index is 456. The van der Waals surface area contributed by atoms with Crippen molar-refractivity contribution >= 4 is 29.3 Å². The topological polar surface area (TPSA) is 45.2 Å². The summed E-state index contributed by atoms with van der Waals surface area (Å²) in [7, 11) is 0. The maximum absolute atomic E-state index is 11.8. The van der Waals surface area contributed by atoms with Gasteiger partial charge in [-0.2, -0.15) is 0 Å². The predicted molar refractivity (Wildman–Crippen MR) is 65.3 cm³/mol. The minimum absolute atomic E-state index is 0.0989. The summed E-state index contributed by atoms with van der Waals surface area (Å²) in [5, 5.41) is 3.34. The predicted octanol–water partition coefficient (Wildman–Crippen LogP) is 1.16. The number of amides is 1. The first kappa shape index (κ1) is 10.8. The Morgan fingerprint density at radius 3 is 2.94 bits per heavy atom. The Labute approximate surface area is 99.0 Å². The number of rotatable bonds is 2. The molecule has 1 aromatic heterocycles. The van der Waals surface area contributed by atoms with Crippen LogP contribution < -0.4 is 5.32 Å². The van der Waals surface area contributed by atoms with Crippen LogP contribution in [0.5, 0.6) is 0 Å². The smallest absolute Gasteiger partial charge is 0.276 e. The Hall–Kier alpha value is -1.75. The standard InChI is InChI=1S/C11H11N3OS/c1-2-14-10(15)9(13-11(14)16)7-8-5-3-4-6-12-8/h3-7H,2H2,1H3,(H,13,16)/b9-7+. The molecule has 82 valence electrons. The number of aromatic nitrogens is 1. The van der Waals surface area contributed by atoms with E-state index in [4.69, 9.17) is 12.2 Å². The molecule has 0 bridgehead atoms. The van der Waals surface area contributed by atoms with E-state index in [0.29, 0.717) is 17.4 Å². The van der Waals surface area contributed by atoms with Gasteiger partial charge < -0.3 is 5.32 Å². The van der Waals surface area contributed by atoms with Gasteiger partial charge in [-0.05, 0) is 37.4 Å². The normalized spacial score (nSPS) is 18.1. The van der Waals surface area contributed by atoms with Crippen LogP contribution in [0.3, 0.4) is 0 Å². The molecule has 2 rings (SSSR count). The number of nitrogens with zero attached hydrogens (tertiary/aromatic N) is 2. The average molecular weight is 233 g/mol. The molecule has 1 aliphatic rings. The van der Waals surface area contributed by atoms with Crippen LogP contribution in [0.1, 0.15) is 12.6 Å². The van der Waals surface area contributed by atoms with E-state index in [1.54, 1.807) is 12.3 Å². The van der Waals surface area contributed by atoms with Gasteiger partial charge in [0, 0.05) is 12.7 Å². The van der Waals surface area contributed by atoms with Crippen molar-refractivity contribution in [2.45, 2.75) is 6.92 Å². The fourth-order valence-corrected chi connectivity index (χ4v) is 1.79. The van der Waals surface area contributed by atoms with Crippen molar-refractivity contribution < 1.29 is 4.79 Å². The molecule has 0 atom stereocenters. The van der Waals surface area contributed by atoms with E-state index >= 15 is 0 Å². The Balaban J connectivity index is 2.27. The number of nitrogens with one attached hydrogen (secondary N) is 1. The van der Waals surface area contributed by atoms with Crippen LogP contribution in [-0.4, -0.2) is 27.4 Å². The molecule has 2 heterocycles. The highest BCUT2D eigenvalue weighted by atomic mass is 32.1. The van der Waals surface area contributed by atoms with E-state index in [1.165, 1.54) is 4.90 Å². The van der Waals surface area contributed by atoms with Gasteiger partial charge in [-0.3, -0.25) is 14.7 Å². The summed E-state index contributed by atoms with van der Waals surface area (Å²) >= 11 is 5.04. The molecule has 0 spiro atoms. The van der Waals surface area contributed by atoms with E-state index in [1.807, 2.05) is 25.1 Å². The van der Waals surface area contributed by atoms with Gasteiger partial charge in [0.2, 0.25) is 0 Å². The third-order valence-electron chi connectivity index (χ3n) is 2.26. The van der Waals surface area contributed by atoms with Crippen LogP contribution in [0.15, 0.2) is 30.1 Å². The van der Waals surface area contributed by atoms with Crippen LogP contribution in [-0.2, 0) is 4.79 Å². The first-order valence-corrected chi connectivity index (χ1v) is 5.38. The molecule has 0 aromatic carbocycles. The van der Waals surface area contributed by atoms with Gasteiger partial charge in [0.05, 0.1) is 5.69 Å². The summed E-state index contributed by atoms with van der Waals surface area (Å²) in [4.78, 5) is 17.5. The summed E-state index contributed by atoms with van der Waals surface area (Å²) in [6, 6.07) is 5.53. The van der Waals surface area contributed by atoms with E-state index in [9.17, 15) is 4.79 Å². The van der Waals surface area contributed by atoms with E-state index < -0.39 is 0 Å². The lowest BCUT2D eigenvalue weighted by Crippen LogP contribution is -2.30. The van der Waals surface area contributed by atoms with Gasteiger partial charge in [-0.1, -0.05) is 6.07 Å². The molecule has 0 aliphatic carbocycles. The number of carbonyl (C=O) groups excluding carboxylic acids is 1. The zero-order valence-corrected chi connectivity index (χ0v) is 9.62. The zero-order chi connectivity index (χ0) is 11.5. The van der Waals surface area contributed by atoms with Gasteiger partial charge in [0.1, 0.15) is 5.70 Å². The molecule has 5 heteroatoms. The zero-order valence-electron chi connectivity index (χ0n) is 8.80. The highest BCUT2D eigenvalue weighted by Crippen LogP contribution is 2.12. The van der Waals surface area contributed by atoms with Crippen LogP contribution in [0, 0.1) is 0 Å². The van der Waals surface area contributed by atoms with Crippen molar-refractivity contribution in [3.8, 4) is 0 Å². The van der Waals surface area contributed by atoms with E-state index in [0.717, 1.165) is 5.69 Å². The number of pyridine rings is 1. The molecular formula is C11H11N3OS. The third-order valence-corrected chi connectivity index (χ3v) is 2.58. The number of hydrogen-bond acceptors (Lipinski definition) is 3. The molecule has 4 nitrogen and oxygen atoms in total. The lowest BCUT2D eigenvalue weighted by molar-refractivity contribution is -0.122. The lowest BCUT2D eigenvalue weighted by atomic mass is 10.3. The highest BCUT2D eigenvalue weighted by molar-refractivity contribution is 7.80. The summed E-state index contributed by atoms with van der Waals surface area (Å²) in [5.74, 6) is -0.0989. The molecular weight excluding hydrogens is 222 g/mol. The van der Waals surface area contributed by atoms with Crippen molar-refractivity contribution in [3.63, 3.8) is 0 Å². The Morgan fingerprint density at radius 2 is 2.38 bits per heavy atom. The summed E-state index contributed by atoms with van der Waals surface area (Å²) in [6.07, 6.45) is 3.38. The molecule has 1 saturated heterocycles. The maximum Gasteiger partial charge on any atom is 0.276 e. The molecule has 16 heavy (non-hydrogen) atoms. The number of hydrogen-bond donors (Lipinski definition) is 1. The molecule has 1 fully saturated rings. The fourth-order valence-electron chi connectivity index (χ4n) is 1.47. The Kier molecular flexibility index (Phi) is 2.96. The molecule has 1 aliphatic heterocycles. The second-order valence-corrected chi connectivity index (χ2v) is 3.68. The Morgan fingerprint density at radius 1 is 1.56 bits per heavy atom.